The second kappa shape index (κ2) is 8.16. The summed E-state index contributed by atoms with van der Waals surface area (Å²) in [5.74, 6) is -1.37. The molecule has 20 heavy (non-hydrogen) atoms. The van der Waals surface area contributed by atoms with Crippen molar-refractivity contribution in [2.75, 3.05) is 13.2 Å². The van der Waals surface area contributed by atoms with Crippen LogP contribution in [0, 0.1) is 0 Å². The van der Waals surface area contributed by atoms with Crippen LogP contribution < -0.4 is 5.32 Å². The van der Waals surface area contributed by atoms with E-state index >= 15 is 0 Å². The largest absolute Gasteiger partial charge is 0.455 e. The number of esters is 1. The summed E-state index contributed by atoms with van der Waals surface area (Å²) in [5.41, 5.74) is 0.602. The fourth-order valence-electron chi connectivity index (χ4n) is 1.31. The lowest BCUT2D eigenvalue weighted by molar-refractivity contribution is -0.147. The van der Waals surface area contributed by atoms with Crippen LogP contribution in [0.25, 0.3) is 0 Å². The van der Waals surface area contributed by atoms with E-state index in [4.69, 9.17) is 16.3 Å². The number of alkyl carbamates (subject to hydrolysis) is 1. The number of imide groups is 1. The minimum Gasteiger partial charge on any atom is -0.455 e. The Balaban J connectivity index is 2.35. The Morgan fingerprint density at radius 1 is 1.20 bits per heavy atom. The molecular formula is C13H14ClNO5. The molecule has 7 heteroatoms. The van der Waals surface area contributed by atoms with Crippen LogP contribution >= 0.6 is 11.6 Å². The van der Waals surface area contributed by atoms with Crippen LogP contribution in [0.5, 0.6) is 0 Å². The molecule has 1 aromatic rings. The van der Waals surface area contributed by atoms with Crippen molar-refractivity contribution in [3.8, 4) is 0 Å². The molecule has 0 aromatic heterocycles. The summed E-state index contributed by atoms with van der Waals surface area (Å²) in [6, 6.07) is 6.81. The van der Waals surface area contributed by atoms with E-state index in [-0.39, 0.29) is 13.0 Å². The Kier molecular flexibility index (Phi) is 6.52. The number of halogens is 1. The molecule has 0 atom stereocenters. The van der Waals surface area contributed by atoms with Gasteiger partial charge in [-0.15, -0.1) is 0 Å². The standard InChI is InChI=1S/C13H14ClNO5/c1-2-19-13(18)15-11(16)8-20-12(17)7-9-5-3-4-6-10(9)14/h3-6H,2,7-8H2,1H3,(H,15,16,18). The highest BCUT2D eigenvalue weighted by Crippen LogP contribution is 2.15. The minimum atomic E-state index is -0.875. The first-order valence-corrected chi connectivity index (χ1v) is 6.26. The van der Waals surface area contributed by atoms with E-state index in [2.05, 4.69) is 4.74 Å². The van der Waals surface area contributed by atoms with Crippen LogP contribution in [-0.2, 0) is 25.5 Å². The molecule has 0 fully saturated rings. The molecule has 0 heterocycles. The first-order chi connectivity index (χ1) is 9.52. The maximum atomic E-state index is 11.5. The highest BCUT2D eigenvalue weighted by atomic mass is 35.5. The molecule has 0 aliphatic rings. The highest BCUT2D eigenvalue weighted by molar-refractivity contribution is 6.31. The van der Waals surface area contributed by atoms with Crippen molar-refractivity contribution in [3.05, 3.63) is 34.9 Å². The summed E-state index contributed by atoms with van der Waals surface area (Å²) in [5, 5.41) is 2.35. The average Bonchev–Trinajstić information content (AvgIpc) is 2.39. The second-order valence-electron chi connectivity index (χ2n) is 3.70. The van der Waals surface area contributed by atoms with Crippen LogP contribution in [0.4, 0.5) is 4.79 Å². The smallest absolute Gasteiger partial charge is 0.413 e. The molecule has 1 N–H and O–H groups in total. The van der Waals surface area contributed by atoms with Crippen molar-refractivity contribution >= 4 is 29.6 Å². The lowest BCUT2D eigenvalue weighted by Crippen LogP contribution is -2.34. The fraction of sp³-hybridized carbons (Fsp3) is 0.308. The monoisotopic (exact) mass is 299 g/mol. The number of benzene rings is 1. The summed E-state index contributed by atoms with van der Waals surface area (Å²) >= 11 is 5.89. The third-order valence-electron chi connectivity index (χ3n) is 2.17. The van der Waals surface area contributed by atoms with Crippen LogP contribution in [0.15, 0.2) is 24.3 Å². The van der Waals surface area contributed by atoms with Gasteiger partial charge >= 0.3 is 12.1 Å². The van der Waals surface area contributed by atoms with Gasteiger partial charge < -0.3 is 9.47 Å². The van der Waals surface area contributed by atoms with Gasteiger partial charge in [0.05, 0.1) is 13.0 Å². The zero-order chi connectivity index (χ0) is 15.0. The Bertz CT molecular complexity index is 503. The van der Waals surface area contributed by atoms with Gasteiger partial charge in [0.25, 0.3) is 5.91 Å². The highest BCUT2D eigenvalue weighted by Gasteiger charge is 2.12. The van der Waals surface area contributed by atoms with Gasteiger partial charge in [-0.25, -0.2) is 4.79 Å². The second-order valence-corrected chi connectivity index (χ2v) is 4.10. The van der Waals surface area contributed by atoms with E-state index in [1.54, 1.807) is 31.2 Å². The summed E-state index contributed by atoms with van der Waals surface area (Å²) in [6.07, 6.45) is -0.925. The molecule has 0 bridgehead atoms. The fourth-order valence-corrected chi connectivity index (χ4v) is 1.51. The Labute approximate surface area is 121 Å². The van der Waals surface area contributed by atoms with E-state index in [0.29, 0.717) is 10.6 Å². The van der Waals surface area contributed by atoms with Gasteiger partial charge in [0.15, 0.2) is 6.61 Å². The normalized spacial score (nSPS) is 9.70. The molecular weight excluding hydrogens is 286 g/mol. The Morgan fingerprint density at radius 2 is 1.90 bits per heavy atom. The third kappa shape index (κ3) is 5.71. The molecule has 0 aliphatic heterocycles. The maximum absolute atomic E-state index is 11.5. The average molecular weight is 300 g/mol. The molecule has 6 nitrogen and oxygen atoms in total. The van der Waals surface area contributed by atoms with Gasteiger partial charge in [-0.1, -0.05) is 29.8 Å². The number of amides is 2. The third-order valence-corrected chi connectivity index (χ3v) is 2.54. The van der Waals surface area contributed by atoms with Crippen LogP contribution in [0.1, 0.15) is 12.5 Å². The first-order valence-electron chi connectivity index (χ1n) is 5.88. The number of carbonyl (C=O) groups excluding carboxylic acids is 3. The predicted octanol–water partition coefficient (Wildman–Crippen LogP) is 1.70. The Morgan fingerprint density at radius 3 is 2.55 bits per heavy atom. The quantitative estimate of drug-likeness (QED) is 0.837. The molecule has 0 saturated carbocycles. The molecule has 108 valence electrons. The van der Waals surface area contributed by atoms with Crippen LogP contribution in [-0.4, -0.2) is 31.2 Å². The van der Waals surface area contributed by atoms with Crippen molar-refractivity contribution in [1.29, 1.82) is 0 Å². The molecule has 0 unspecified atom stereocenters. The summed E-state index contributed by atoms with van der Waals surface area (Å²) in [6.45, 7) is 1.20. The van der Waals surface area contributed by atoms with Crippen LogP contribution in [0.2, 0.25) is 5.02 Å². The number of ether oxygens (including phenoxy) is 2. The SMILES string of the molecule is CCOC(=O)NC(=O)COC(=O)Cc1ccccc1Cl. The van der Waals surface area contributed by atoms with Gasteiger partial charge in [0, 0.05) is 5.02 Å². The summed E-state index contributed by atoms with van der Waals surface area (Å²) < 4.78 is 9.23. The number of rotatable bonds is 5. The molecule has 0 spiro atoms. The van der Waals surface area contributed by atoms with Crippen molar-refractivity contribution < 1.29 is 23.9 Å². The van der Waals surface area contributed by atoms with E-state index in [1.165, 1.54) is 0 Å². The lowest BCUT2D eigenvalue weighted by Gasteiger charge is -2.06. The maximum Gasteiger partial charge on any atom is 0.413 e. The van der Waals surface area contributed by atoms with Crippen molar-refractivity contribution in [1.82, 2.24) is 5.32 Å². The zero-order valence-electron chi connectivity index (χ0n) is 10.8. The lowest BCUT2D eigenvalue weighted by atomic mass is 10.1. The number of nitrogens with one attached hydrogen (secondary N) is 1. The minimum absolute atomic E-state index is 0.0492. The molecule has 1 rings (SSSR count). The van der Waals surface area contributed by atoms with Gasteiger partial charge in [-0.2, -0.15) is 0 Å². The summed E-state index contributed by atoms with van der Waals surface area (Å²) in [4.78, 5) is 33.7. The number of hydrogen-bond acceptors (Lipinski definition) is 5. The Hall–Kier alpha value is -2.08. The van der Waals surface area contributed by atoms with E-state index in [0.717, 1.165) is 0 Å². The van der Waals surface area contributed by atoms with Crippen molar-refractivity contribution in [3.63, 3.8) is 0 Å². The molecule has 0 saturated heterocycles. The van der Waals surface area contributed by atoms with Crippen molar-refractivity contribution in [2.45, 2.75) is 13.3 Å². The molecule has 1 aromatic carbocycles. The summed E-state index contributed by atoms with van der Waals surface area (Å²) in [7, 11) is 0. The van der Waals surface area contributed by atoms with E-state index < -0.39 is 24.6 Å². The topological polar surface area (TPSA) is 81.7 Å². The van der Waals surface area contributed by atoms with Gasteiger partial charge in [-0.3, -0.25) is 14.9 Å². The predicted molar refractivity (Wildman–Crippen MR) is 71.3 cm³/mol. The molecule has 2 amide bonds. The zero-order valence-corrected chi connectivity index (χ0v) is 11.6. The molecule has 0 aliphatic carbocycles. The van der Waals surface area contributed by atoms with Crippen molar-refractivity contribution in [2.24, 2.45) is 0 Å². The number of hydrogen-bond donors (Lipinski definition) is 1. The number of carbonyl (C=O) groups is 3. The first kappa shape index (κ1) is 16.0. The van der Waals surface area contributed by atoms with Gasteiger partial charge in [0.2, 0.25) is 0 Å². The van der Waals surface area contributed by atoms with E-state index in [9.17, 15) is 14.4 Å². The van der Waals surface area contributed by atoms with Crippen LogP contribution in [0.3, 0.4) is 0 Å². The van der Waals surface area contributed by atoms with Gasteiger partial charge in [0.1, 0.15) is 0 Å². The van der Waals surface area contributed by atoms with E-state index in [1.807, 2.05) is 5.32 Å². The van der Waals surface area contributed by atoms with Gasteiger partial charge in [-0.05, 0) is 18.6 Å². The molecule has 0 radical (unpaired) electrons.